The van der Waals surface area contributed by atoms with Gasteiger partial charge in [0.15, 0.2) is 18.4 Å². The van der Waals surface area contributed by atoms with E-state index in [-0.39, 0.29) is 12.5 Å². The van der Waals surface area contributed by atoms with Crippen LogP contribution in [0.2, 0.25) is 0 Å². The van der Waals surface area contributed by atoms with E-state index in [4.69, 9.17) is 14.2 Å². The number of hydrogen-bond donors (Lipinski definition) is 0. The summed E-state index contributed by atoms with van der Waals surface area (Å²) in [4.78, 5) is 0. The van der Waals surface area contributed by atoms with Gasteiger partial charge in [0.05, 0.1) is 7.11 Å². The molecule has 0 aromatic heterocycles. The zero-order chi connectivity index (χ0) is 10.6. The second-order valence-electron chi connectivity index (χ2n) is 2.44. The molecule has 0 fully saturated rings. The number of hydrogen-bond acceptors (Lipinski definition) is 3. The van der Waals surface area contributed by atoms with Crippen LogP contribution < -0.4 is 9.47 Å². The van der Waals surface area contributed by atoms with Gasteiger partial charge in [0.25, 0.3) is 0 Å². The summed E-state index contributed by atoms with van der Waals surface area (Å²) in [6.45, 7) is 0.0140. The van der Waals surface area contributed by atoms with Crippen molar-refractivity contribution in [1.29, 1.82) is 0 Å². The first-order chi connectivity index (χ1) is 6.70. The quantitative estimate of drug-likeness (QED) is 0.631. The van der Waals surface area contributed by atoms with Gasteiger partial charge in [-0.25, -0.2) is 4.39 Å². The number of rotatable bonds is 4. The minimum atomic E-state index is -0.424. The van der Waals surface area contributed by atoms with E-state index in [1.807, 2.05) is 22.6 Å². The number of benzene rings is 1. The molecule has 0 aliphatic carbocycles. The van der Waals surface area contributed by atoms with Gasteiger partial charge < -0.3 is 14.2 Å². The SMILES string of the molecule is COCOc1c(F)ccc(OC)c1I. The van der Waals surface area contributed by atoms with Crippen LogP contribution in [0, 0.1) is 9.39 Å². The highest BCUT2D eigenvalue weighted by Crippen LogP contribution is 2.32. The standard InChI is InChI=1S/C9H10FIO3/c1-12-5-14-9-6(10)3-4-7(13-2)8(9)11/h3-4H,5H2,1-2H3. The first-order valence-corrected chi connectivity index (χ1v) is 4.92. The minimum Gasteiger partial charge on any atom is -0.496 e. The average Bonchev–Trinajstić information content (AvgIpc) is 2.18. The molecule has 1 aromatic carbocycles. The predicted molar refractivity (Wildman–Crippen MR) is 58.2 cm³/mol. The Bertz CT molecular complexity index is 317. The molecule has 5 heteroatoms. The Labute approximate surface area is 95.3 Å². The maximum absolute atomic E-state index is 13.2. The summed E-state index contributed by atoms with van der Waals surface area (Å²) >= 11 is 1.96. The van der Waals surface area contributed by atoms with E-state index in [2.05, 4.69) is 0 Å². The van der Waals surface area contributed by atoms with Crippen LogP contribution in [0.25, 0.3) is 0 Å². The Kier molecular flexibility index (Phi) is 4.40. The largest absolute Gasteiger partial charge is 0.496 e. The van der Waals surface area contributed by atoms with Crippen LogP contribution in [0.3, 0.4) is 0 Å². The summed E-state index contributed by atoms with van der Waals surface area (Å²) in [6, 6.07) is 2.85. The molecule has 0 saturated heterocycles. The van der Waals surface area contributed by atoms with Crippen molar-refractivity contribution in [3.05, 3.63) is 21.5 Å². The van der Waals surface area contributed by atoms with Crippen molar-refractivity contribution < 1.29 is 18.6 Å². The highest BCUT2D eigenvalue weighted by atomic mass is 127. The summed E-state index contributed by atoms with van der Waals surface area (Å²) in [5.74, 6) is 0.317. The van der Waals surface area contributed by atoms with E-state index < -0.39 is 5.82 Å². The molecule has 0 unspecified atom stereocenters. The predicted octanol–water partition coefficient (Wildman–Crippen LogP) is 2.42. The number of methoxy groups -OCH3 is 2. The van der Waals surface area contributed by atoms with Crippen LogP contribution in [0.1, 0.15) is 0 Å². The highest BCUT2D eigenvalue weighted by molar-refractivity contribution is 14.1. The molecule has 0 bridgehead atoms. The Balaban J connectivity index is 2.99. The summed E-state index contributed by atoms with van der Waals surface area (Å²) < 4.78 is 28.6. The second kappa shape index (κ2) is 5.35. The van der Waals surface area contributed by atoms with Crippen molar-refractivity contribution in [2.24, 2.45) is 0 Å². The lowest BCUT2D eigenvalue weighted by Crippen LogP contribution is -2.03. The first kappa shape index (κ1) is 11.5. The van der Waals surface area contributed by atoms with E-state index in [1.54, 1.807) is 6.07 Å². The van der Waals surface area contributed by atoms with Gasteiger partial charge in [0, 0.05) is 7.11 Å². The normalized spacial score (nSPS) is 10.0. The lowest BCUT2D eigenvalue weighted by molar-refractivity contribution is 0.0474. The van der Waals surface area contributed by atoms with Crippen molar-refractivity contribution in [3.8, 4) is 11.5 Å². The lowest BCUT2D eigenvalue weighted by atomic mass is 10.3. The molecule has 14 heavy (non-hydrogen) atoms. The van der Waals surface area contributed by atoms with E-state index in [9.17, 15) is 4.39 Å². The van der Waals surface area contributed by atoms with Crippen molar-refractivity contribution in [2.75, 3.05) is 21.0 Å². The topological polar surface area (TPSA) is 27.7 Å². The summed E-state index contributed by atoms with van der Waals surface area (Å²) in [5, 5.41) is 0. The van der Waals surface area contributed by atoms with Crippen LogP contribution in [0.4, 0.5) is 4.39 Å². The molecular formula is C9H10FIO3. The summed E-state index contributed by atoms with van der Waals surface area (Å²) in [5.41, 5.74) is 0. The van der Waals surface area contributed by atoms with Crippen molar-refractivity contribution in [1.82, 2.24) is 0 Å². The maximum atomic E-state index is 13.2. The maximum Gasteiger partial charge on any atom is 0.188 e. The Hall–Kier alpha value is -0.560. The van der Waals surface area contributed by atoms with Gasteiger partial charge in [-0.05, 0) is 34.7 Å². The molecule has 0 saturated carbocycles. The first-order valence-electron chi connectivity index (χ1n) is 3.84. The second-order valence-corrected chi connectivity index (χ2v) is 3.52. The molecule has 0 aliphatic rings. The fraction of sp³-hybridized carbons (Fsp3) is 0.333. The fourth-order valence-electron chi connectivity index (χ4n) is 0.922. The molecule has 1 rings (SSSR count). The van der Waals surface area contributed by atoms with E-state index >= 15 is 0 Å². The van der Waals surface area contributed by atoms with Gasteiger partial charge in [-0.15, -0.1) is 0 Å². The monoisotopic (exact) mass is 312 g/mol. The van der Waals surface area contributed by atoms with Crippen LogP contribution >= 0.6 is 22.6 Å². The molecule has 0 N–H and O–H groups in total. The van der Waals surface area contributed by atoms with Gasteiger partial charge in [-0.3, -0.25) is 0 Å². The third-order valence-corrected chi connectivity index (χ3v) is 2.58. The van der Waals surface area contributed by atoms with Crippen molar-refractivity contribution in [3.63, 3.8) is 0 Å². The van der Waals surface area contributed by atoms with Gasteiger partial charge in [-0.2, -0.15) is 0 Å². The van der Waals surface area contributed by atoms with E-state index in [1.165, 1.54) is 20.3 Å². The Morgan fingerprint density at radius 2 is 2.07 bits per heavy atom. The Morgan fingerprint density at radius 3 is 2.64 bits per heavy atom. The van der Waals surface area contributed by atoms with Gasteiger partial charge in [0.2, 0.25) is 0 Å². The molecule has 0 radical (unpaired) electrons. The lowest BCUT2D eigenvalue weighted by Gasteiger charge is -2.10. The molecule has 0 spiro atoms. The van der Waals surface area contributed by atoms with Gasteiger partial charge >= 0.3 is 0 Å². The van der Waals surface area contributed by atoms with Crippen LogP contribution in [-0.4, -0.2) is 21.0 Å². The van der Waals surface area contributed by atoms with Crippen molar-refractivity contribution >= 4 is 22.6 Å². The smallest absolute Gasteiger partial charge is 0.188 e. The zero-order valence-corrected chi connectivity index (χ0v) is 10.00. The molecule has 3 nitrogen and oxygen atoms in total. The highest BCUT2D eigenvalue weighted by Gasteiger charge is 2.12. The molecule has 0 atom stereocenters. The molecule has 0 amide bonds. The van der Waals surface area contributed by atoms with Gasteiger partial charge in [0.1, 0.15) is 9.32 Å². The fourth-order valence-corrected chi connectivity index (χ4v) is 1.74. The molecule has 0 aliphatic heterocycles. The minimum absolute atomic E-state index is 0.0140. The molecule has 1 aromatic rings. The van der Waals surface area contributed by atoms with E-state index in [0.29, 0.717) is 9.32 Å². The summed E-state index contributed by atoms with van der Waals surface area (Å²) in [7, 11) is 3.00. The zero-order valence-electron chi connectivity index (χ0n) is 7.84. The molecule has 78 valence electrons. The third-order valence-electron chi connectivity index (χ3n) is 1.55. The summed E-state index contributed by atoms with van der Waals surface area (Å²) in [6.07, 6.45) is 0. The number of ether oxygens (including phenoxy) is 3. The van der Waals surface area contributed by atoms with Crippen LogP contribution in [0.15, 0.2) is 12.1 Å². The molecular weight excluding hydrogens is 302 g/mol. The van der Waals surface area contributed by atoms with E-state index in [0.717, 1.165) is 0 Å². The van der Waals surface area contributed by atoms with Crippen molar-refractivity contribution in [2.45, 2.75) is 0 Å². The number of halogens is 2. The third kappa shape index (κ3) is 2.48. The Morgan fingerprint density at radius 1 is 1.36 bits per heavy atom. The van der Waals surface area contributed by atoms with Crippen LogP contribution in [-0.2, 0) is 4.74 Å². The van der Waals surface area contributed by atoms with Gasteiger partial charge in [-0.1, -0.05) is 0 Å². The average molecular weight is 312 g/mol. The molecule has 0 heterocycles. The van der Waals surface area contributed by atoms with Crippen LogP contribution in [0.5, 0.6) is 11.5 Å².